The summed E-state index contributed by atoms with van der Waals surface area (Å²) in [5, 5.41) is 0. The van der Waals surface area contributed by atoms with E-state index in [9.17, 15) is 4.79 Å². The summed E-state index contributed by atoms with van der Waals surface area (Å²) >= 11 is 0. The second kappa shape index (κ2) is 7.77. The first-order valence-corrected chi connectivity index (χ1v) is 8.58. The highest BCUT2D eigenvalue weighted by Crippen LogP contribution is 2.19. The largest absolute Gasteiger partial charge is 0.337 e. The van der Waals surface area contributed by atoms with Gasteiger partial charge in [0.1, 0.15) is 0 Å². The zero-order chi connectivity index (χ0) is 16.1. The number of carbonyl (C=O) groups is 1. The third-order valence-electron chi connectivity index (χ3n) is 4.51. The van der Waals surface area contributed by atoms with Crippen molar-refractivity contribution in [1.29, 1.82) is 0 Å². The number of likely N-dealkylation sites (tertiary alicyclic amines) is 1. The summed E-state index contributed by atoms with van der Waals surface area (Å²) in [6.45, 7) is 9.12. The molecular weight excluding hydrogens is 272 g/mol. The summed E-state index contributed by atoms with van der Waals surface area (Å²) in [6.07, 6.45) is 3.19. The van der Waals surface area contributed by atoms with Gasteiger partial charge in [-0.25, -0.2) is 0 Å². The first-order valence-electron chi connectivity index (χ1n) is 8.58. The van der Waals surface area contributed by atoms with Crippen molar-refractivity contribution < 1.29 is 4.79 Å². The Labute approximate surface area is 135 Å². The van der Waals surface area contributed by atoms with Gasteiger partial charge in [-0.3, -0.25) is 9.69 Å². The maximum Gasteiger partial charge on any atom is 0.240 e. The first kappa shape index (κ1) is 17.0. The molecule has 2 rings (SSSR count). The molecule has 122 valence electrons. The Balaban J connectivity index is 2.09. The number of hydrogen-bond donors (Lipinski definition) is 0. The van der Waals surface area contributed by atoms with Crippen molar-refractivity contribution in [3.8, 4) is 0 Å². The lowest BCUT2D eigenvalue weighted by molar-refractivity contribution is -0.136. The smallest absolute Gasteiger partial charge is 0.240 e. The highest BCUT2D eigenvalue weighted by Gasteiger charge is 2.31. The van der Waals surface area contributed by atoms with Gasteiger partial charge in [-0.1, -0.05) is 45.0 Å². The summed E-state index contributed by atoms with van der Waals surface area (Å²) in [5.74, 6) is 0.791. The summed E-state index contributed by atoms with van der Waals surface area (Å²) in [4.78, 5) is 17.2. The molecule has 3 heteroatoms. The summed E-state index contributed by atoms with van der Waals surface area (Å²) in [7, 11) is 2.07. The van der Waals surface area contributed by atoms with Crippen molar-refractivity contribution in [2.75, 3.05) is 20.1 Å². The van der Waals surface area contributed by atoms with Crippen LogP contribution in [0.5, 0.6) is 0 Å². The number of likely N-dealkylation sites (N-methyl/N-ethyl adjacent to an activating group) is 1. The Kier molecular flexibility index (Phi) is 6.01. The minimum absolute atomic E-state index is 0.0775. The Hall–Kier alpha value is -1.35. The highest BCUT2D eigenvalue weighted by molar-refractivity contribution is 5.82. The van der Waals surface area contributed by atoms with Gasteiger partial charge < -0.3 is 4.90 Å². The van der Waals surface area contributed by atoms with Gasteiger partial charge >= 0.3 is 0 Å². The molecule has 1 aromatic rings. The van der Waals surface area contributed by atoms with Gasteiger partial charge in [0.05, 0.1) is 6.04 Å². The van der Waals surface area contributed by atoms with E-state index >= 15 is 0 Å². The molecule has 0 N–H and O–H groups in total. The number of aryl methyl sites for hydroxylation is 1. The van der Waals surface area contributed by atoms with Gasteiger partial charge in [0.15, 0.2) is 0 Å². The van der Waals surface area contributed by atoms with Crippen LogP contribution in [0.15, 0.2) is 24.3 Å². The Morgan fingerprint density at radius 1 is 1.27 bits per heavy atom. The van der Waals surface area contributed by atoms with Crippen molar-refractivity contribution in [2.45, 2.75) is 52.6 Å². The van der Waals surface area contributed by atoms with Crippen LogP contribution in [0.1, 0.15) is 44.7 Å². The third-order valence-corrected chi connectivity index (χ3v) is 4.51. The lowest BCUT2D eigenvalue weighted by Crippen LogP contribution is -2.45. The zero-order valence-corrected chi connectivity index (χ0v) is 14.5. The topological polar surface area (TPSA) is 23.6 Å². The molecule has 1 saturated heterocycles. The third kappa shape index (κ3) is 4.33. The molecule has 0 unspecified atom stereocenters. The van der Waals surface area contributed by atoms with Crippen molar-refractivity contribution in [2.24, 2.45) is 5.92 Å². The van der Waals surface area contributed by atoms with Gasteiger partial charge in [0.25, 0.3) is 0 Å². The minimum Gasteiger partial charge on any atom is -0.337 e. The fourth-order valence-corrected chi connectivity index (χ4v) is 3.21. The van der Waals surface area contributed by atoms with Gasteiger partial charge in [0.2, 0.25) is 5.91 Å². The monoisotopic (exact) mass is 302 g/mol. The van der Waals surface area contributed by atoms with E-state index in [4.69, 9.17) is 0 Å². The van der Waals surface area contributed by atoms with Gasteiger partial charge in [-0.15, -0.1) is 0 Å². The second-order valence-electron chi connectivity index (χ2n) is 6.92. The maximum atomic E-state index is 12.9. The Bertz CT molecular complexity index is 481. The molecule has 0 bridgehead atoms. The number of carbonyl (C=O) groups excluding carboxylic acids is 1. The van der Waals surface area contributed by atoms with Crippen LogP contribution in [-0.4, -0.2) is 41.9 Å². The fraction of sp³-hybridized carbons (Fsp3) is 0.632. The zero-order valence-electron chi connectivity index (χ0n) is 14.5. The molecule has 1 aliphatic heterocycles. The van der Waals surface area contributed by atoms with Crippen LogP contribution in [0.3, 0.4) is 0 Å². The molecule has 1 atom stereocenters. The molecule has 0 aliphatic carbocycles. The average Bonchev–Trinajstić information content (AvgIpc) is 2.92. The number of amides is 1. The van der Waals surface area contributed by atoms with E-state index in [0.29, 0.717) is 11.8 Å². The predicted octanol–water partition coefficient (Wildman–Crippen LogP) is 3.33. The number of nitrogens with zero attached hydrogens (tertiary/aromatic N) is 2. The van der Waals surface area contributed by atoms with Crippen molar-refractivity contribution in [3.05, 3.63) is 35.4 Å². The van der Waals surface area contributed by atoms with E-state index in [1.807, 2.05) is 0 Å². The molecule has 1 amide bonds. The molecule has 1 aliphatic rings. The fourth-order valence-electron chi connectivity index (χ4n) is 3.21. The molecular formula is C19H30N2O. The standard InChI is InChI=1S/C19H30N2O/c1-5-16-8-10-17(11-9-16)14-21(13-15(2)3)19(22)18-7-6-12-20(18)4/h8-11,15,18H,5-7,12-14H2,1-4H3/t18-/m0/s1. The molecule has 1 fully saturated rings. The van der Waals surface area contributed by atoms with E-state index < -0.39 is 0 Å². The maximum absolute atomic E-state index is 12.9. The van der Waals surface area contributed by atoms with E-state index in [1.54, 1.807) is 0 Å². The van der Waals surface area contributed by atoms with E-state index in [0.717, 1.165) is 38.9 Å². The molecule has 3 nitrogen and oxygen atoms in total. The average molecular weight is 302 g/mol. The van der Waals surface area contributed by atoms with E-state index in [2.05, 4.69) is 61.9 Å². The Morgan fingerprint density at radius 2 is 1.91 bits per heavy atom. The van der Waals surface area contributed by atoms with Crippen LogP contribution in [0.2, 0.25) is 0 Å². The molecule has 0 aromatic heterocycles. The van der Waals surface area contributed by atoms with Crippen LogP contribution < -0.4 is 0 Å². The van der Waals surface area contributed by atoms with Crippen LogP contribution in [0.4, 0.5) is 0 Å². The van der Waals surface area contributed by atoms with Gasteiger partial charge in [-0.05, 0) is 49.9 Å². The molecule has 0 saturated carbocycles. The van der Waals surface area contributed by atoms with Gasteiger partial charge in [0, 0.05) is 13.1 Å². The van der Waals surface area contributed by atoms with Crippen molar-refractivity contribution in [3.63, 3.8) is 0 Å². The molecule has 1 aromatic carbocycles. The lowest BCUT2D eigenvalue weighted by Gasteiger charge is -2.30. The molecule has 22 heavy (non-hydrogen) atoms. The lowest BCUT2D eigenvalue weighted by atomic mass is 10.1. The number of benzene rings is 1. The summed E-state index contributed by atoms with van der Waals surface area (Å²) in [6, 6.07) is 8.76. The molecule has 1 heterocycles. The van der Waals surface area contributed by atoms with Crippen molar-refractivity contribution >= 4 is 5.91 Å². The SMILES string of the molecule is CCc1ccc(CN(CC(C)C)C(=O)[C@@H]2CCCN2C)cc1. The quantitative estimate of drug-likeness (QED) is 0.805. The Morgan fingerprint density at radius 3 is 2.41 bits per heavy atom. The number of hydrogen-bond acceptors (Lipinski definition) is 2. The summed E-state index contributed by atoms with van der Waals surface area (Å²) < 4.78 is 0. The van der Waals surface area contributed by atoms with Crippen LogP contribution >= 0.6 is 0 Å². The minimum atomic E-state index is 0.0775. The molecule has 0 spiro atoms. The van der Waals surface area contributed by atoms with Crippen LogP contribution in [0.25, 0.3) is 0 Å². The first-order chi connectivity index (χ1) is 10.5. The highest BCUT2D eigenvalue weighted by atomic mass is 16.2. The van der Waals surface area contributed by atoms with Gasteiger partial charge in [-0.2, -0.15) is 0 Å². The van der Waals surface area contributed by atoms with E-state index in [-0.39, 0.29) is 6.04 Å². The second-order valence-corrected chi connectivity index (χ2v) is 6.92. The van der Waals surface area contributed by atoms with Crippen molar-refractivity contribution in [1.82, 2.24) is 9.80 Å². The normalized spacial score (nSPS) is 18.9. The predicted molar refractivity (Wildman–Crippen MR) is 91.7 cm³/mol. The summed E-state index contributed by atoms with van der Waals surface area (Å²) in [5.41, 5.74) is 2.58. The van der Waals surface area contributed by atoms with Crippen LogP contribution in [0, 0.1) is 5.92 Å². The van der Waals surface area contributed by atoms with Crippen LogP contribution in [-0.2, 0) is 17.8 Å². The molecule has 0 radical (unpaired) electrons. The van der Waals surface area contributed by atoms with E-state index in [1.165, 1.54) is 11.1 Å². The number of rotatable bonds is 6.